The summed E-state index contributed by atoms with van der Waals surface area (Å²) in [6.45, 7) is 1.78. The van der Waals surface area contributed by atoms with E-state index in [-0.39, 0.29) is 0 Å². The molecule has 17 heavy (non-hydrogen) atoms. The molecule has 0 aliphatic heterocycles. The summed E-state index contributed by atoms with van der Waals surface area (Å²) in [6.07, 6.45) is 7.01. The number of benzene rings is 1. The third kappa shape index (κ3) is 8.23. The van der Waals surface area contributed by atoms with Gasteiger partial charge in [0.2, 0.25) is 0 Å². The molecular weight excluding hydrogens is 232 g/mol. The molecule has 0 heterocycles. The molecule has 0 atom stereocenters. The third-order valence-corrected chi connectivity index (χ3v) is 3.04. The third-order valence-electron chi connectivity index (χ3n) is 2.77. The molecule has 96 valence electrons. The van der Waals surface area contributed by atoms with Gasteiger partial charge in [0.05, 0.1) is 0 Å². The van der Waals surface area contributed by atoms with Crippen LogP contribution in [-0.4, -0.2) is 19.1 Å². The van der Waals surface area contributed by atoms with Gasteiger partial charge in [-0.05, 0) is 31.2 Å². The Hall–Kier alpha value is -0.530. The van der Waals surface area contributed by atoms with Crippen molar-refractivity contribution in [3.63, 3.8) is 0 Å². The van der Waals surface area contributed by atoms with Crippen LogP contribution in [0.2, 0.25) is 0 Å². The molecule has 0 N–H and O–H groups in total. The summed E-state index contributed by atoms with van der Waals surface area (Å²) in [5.41, 5.74) is 1.40. The number of halogens is 1. The summed E-state index contributed by atoms with van der Waals surface area (Å²) in [4.78, 5) is 0. The van der Waals surface area contributed by atoms with E-state index in [9.17, 15) is 0 Å². The molecule has 1 aromatic rings. The van der Waals surface area contributed by atoms with Crippen LogP contribution in [0, 0.1) is 0 Å². The molecule has 1 nitrogen and oxygen atoms in total. The first-order valence-corrected chi connectivity index (χ1v) is 7.14. The number of ether oxygens (including phenoxy) is 1. The lowest BCUT2D eigenvalue weighted by atomic mass is 10.1. The summed E-state index contributed by atoms with van der Waals surface area (Å²) in [6, 6.07) is 10.6. The number of hydrogen-bond donors (Lipinski definition) is 0. The number of unbranched alkanes of at least 4 members (excludes halogenated alkanes) is 3. The normalized spacial score (nSPS) is 10.6. The van der Waals surface area contributed by atoms with Crippen LogP contribution in [-0.2, 0) is 11.2 Å². The zero-order valence-electron chi connectivity index (χ0n) is 10.5. The minimum Gasteiger partial charge on any atom is -0.381 e. The van der Waals surface area contributed by atoms with Crippen molar-refractivity contribution < 1.29 is 4.74 Å². The van der Waals surface area contributed by atoms with Crippen LogP contribution in [0.3, 0.4) is 0 Å². The Morgan fingerprint density at radius 3 is 2.29 bits per heavy atom. The Kier molecular flexibility index (Phi) is 9.07. The van der Waals surface area contributed by atoms with Gasteiger partial charge in [-0.25, -0.2) is 0 Å². The smallest absolute Gasteiger partial charge is 0.0469 e. The van der Waals surface area contributed by atoms with Crippen molar-refractivity contribution in [2.45, 2.75) is 38.5 Å². The van der Waals surface area contributed by atoms with Gasteiger partial charge in [0.1, 0.15) is 0 Å². The molecule has 0 radical (unpaired) electrons. The second-order valence-electron chi connectivity index (χ2n) is 4.30. The molecule has 0 aliphatic carbocycles. The SMILES string of the molecule is ClCCCCCCOCCCc1ccccc1. The zero-order valence-corrected chi connectivity index (χ0v) is 11.3. The van der Waals surface area contributed by atoms with Crippen molar-refractivity contribution in [3.8, 4) is 0 Å². The van der Waals surface area contributed by atoms with Crippen molar-refractivity contribution in [3.05, 3.63) is 35.9 Å². The lowest BCUT2D eigenvalue weighted by Crippen LogP contribution is -1.98. The quantitative estimate of drug-likeness (QED) is 0.443. The Morgan fingerprint density at radius 1 is 0.824 bits per heavy atom. The summed E-state index contributed by atoms with van der Waals surface area (Å²) in [7, 11) is 0. The van der Waals surface area contributed by atoms with Gasteiger partial charge in [-0.15, -0.1) is 11.6 Å². The molecule has 0 unspecified atom stereocenters. The predicted octanol–water partition coefficient (Wildman–Crippen LogP) is 4.44. The number of hydrogen-bond acceptors (Lipinski definition) is 1. The molecule has 0 fully saturated rings. The van der Waals surface area contributed by atoms with Crippen LogP contribution in [0.5, 0.6) is 0 Å². The van der Waals surface area contributed by atoms with Gasteiger partial charge in [-0.2, -0.15) is 0 Å². The molecule has 0 aliphatic rings. The van der Waals surface area contributed by atoms with Crippen LogP contribution in [0.15, 0.2) is 30.3 Å². The van der Waals surface area contributed by atoms with E-state index in [2.05, 4.69) is 30.3 Å². The van der Waals surface area contributed by atoms with Gasteiger partial charge in [-0.3, -0.25) is 0 Å². The average molecular weight is 255 g/mol. The van der Waals surface area contributed by atoms with E-state index in [4.69, 9.17) is 16.3 Å². The fraction of sp³-hybridized carbons (Fsp3) is 0.600. The summed E-state index contributed by atoms with van der Waals surface area (Å²) < 4.78 is 5.60. The van der Waals surface area contributed by atoms with E-state index in [0.717, 1.165) is 38.4 Å². The van der Waals surface area contributed by atoms with Crippen LogP contribution >= 0.6 is 11.6 Å². The lowest BCUT2D eigenvalue weighted by Gasteiger charge is -2.04. The Balaban J connectivity index is 1.85. The van der Waals surface area contributed by atoms with E-state index < -0.39 is 0 Å². The molecule has 0 bridgehead atoms. The maximum Gasteiger partial charge on any atom is 0.0469 e. The highest BCUT2D eigenvalue weighted by Gasteiger charge is 1.93. The molecule has 0 amide bonds. The van der Waals surface area contributed by atoms with E-state index in [1.54, 1.807) is 0 Å². The zero-order chi connectivity index (χ0) is 12.2. The minimum atomic E-state index is 0.790. The molecule has 0 saturated heterocycles. The van der Waals surface area contributed by atoms with E-state index in [0.29, 0.717) is 0 Å². The number of alkyl halides is 1. The van der Waals surface area contributed by atoms with Crippen LogP contribution in [0.25, 0.3) is 0 Å². The number of rotatable bonds is 10. The molecular formula is C15H23ClO. The molecule has 1 rings (SSSR count). The Labute approximate surface area is 110 Å². The molecule has 1 aromatic carbocycles. The van der Waals surface area contributed by atoms with Crippen molar-refractivity contribution >= 4 is 11.6 Å². The highest BCUT2D eigenvalue weighted by Crippen LogP contribution is 2.04. The maximum absolute atomic E-state index is 5.61. The fourth-order valence-corrected chi connectivity index (χ4v) is 1.97. The first kappa shape index (κ1) is 14.5. The topological polar surface area (TPSA) is 9.23 Å². The van der Waals surface area contributed by atoms with Crippen molar-refractivity contribution in [1.29, 1.82) is 0 Å². The summed E-state index contributed by atoms with van der Waals surface area (Å²) in [5, 5.41) is 0. The van der Waals surface area contributed by atoms with Gasteiger partial charge in [0.15, 0.2) is 0 Å². The summed E-state index contributed by atoms with van der Waals surface area (Å²) in [5.74, 6) is 0.790. The van der Waals surface area contributed by atoms with E-state index in [1.165, 1.54) is 24.8 Å². The second-order valence-corrected chi connectivity index (χ2v) is 4.68. The monoisotopic (exact) mass is 254 g/mol. The summed E-state index contributed by atoms with van der Waals surface area (Å²) >= 11 is 5.61. The van der Waals surface area contributed by atoms with Crippen LogP contribution < -0.4 is 0 Å². The standard InChI is InChI=1S/C15H23ClO/c16-12-6-1-2-7-13-17-14-8-11-15-9-4-3-5-10-15/h3-5,9-10H,1-2,6-8,11-14H2. The highest BCUT2D eigenvalue weighted by molar-refractivity contribution is 6.17. The average Bonchev–Trinajstić information content (AvgIpc) is 2.38. The molecule has 0 aromatic heterocycles. The predicted molar refractivity (Wildman–Crippen MR) is 74.8 cm³/mol. The van der Waals surface area contributed by atoms with Gasteiger partial charge >= 0.3 is 0 Å². The van der Waals surface area contributed by atoms with Gasteiger partial charge in [0, 0.05) is 19.1 Å². The van der Waals surface area contributed by atoms with Crippen molar-refractivity contribution in [2.75, 3.05) is 19.1 Å². The number of aryl methyl sites for hydroxylation is 1. The van der Waals surface area contributed by atoms with Crippen LogP contribution in [0.1, 0.15) is 37.7 Å². The maximum atomic E-state index is 5.61. The fourth-order valence-electron chi connectivity index (χ4n) is 1.78. The van der Waals surface area contributed by atoms with Crippen LogP contribution in [0.4, 0.5) is 0 Å². The highest BCUT2D eigenvalue weighted by atomic mass is 35.5. The molecule has 0 saturated carbocycles. The largest absolute Gasteiger partial charge is 0.381 e. The second kappa shape index (κ2) is 10.6. The van der Waals surface area contributed by atoms with Gasteiger partial charge < -0.3 is 4.74 Å². The molecule has 2 heteroatoms. The van der Waals surface area contributed by atoms with Crippen molar-refractivity contribution in [1.82, 2.24) is 0 Å². The lowest BCUT2D eigenvalue weighted by molar-refractivity contribution is 0.128. The first-order valence-electron chi connectivity index (χ1n) is 6.61. The van der Waals surface area contributed by atoms with Crippen molar-refractivity contribution in [2.24, 2.45) is 0 Å². The van der Waals surface area contributed by atoms with E-state index >= 15 is 0 Å². The van der Waals surface area contributed by atoms with Gasteiger partial charge in [0.25, 0.3) is 0 Å². The molecule has 0 spiro atoms. The van der Waals surface area contributed by atoms with Gasteiger partial charge in [-0.1, -0.05) is 43.2 Å². The minimum absolute atomic E-state index is 0.790. The Morgan fingerprint density at radius 2 is 1.53 bits per heavy atom. The first-order chi connectivity index (χ1) is 8.43. The van der Waals surface area contributed by atoms with E-state index in [1.807, 2.05) is 0 Å². The Bertz CT molecular complexity index is 261.